The van der Waals surface area contributed by atoms with Crippen LogP contribution in [0.3, 0.4) is 0 Å². The normalized spacial score (nSPS) is 56.7. The zero-order chi connectivity index (χ0) is 56.6. The summed E-state index contributed by atoms with van der Waals surface area (Å²) < 4.78 is 48.2. The summed E-state index contributed by atoms with van der Waals surface area (Å²) in [4.78, 5) is 12.7. The van der Waals surface area contributed by atoms with E-state index in [1.54, 1.807) is 0 Å². The zero-order valence-corrected chi connectivity index (χ0v) is 45.6. The van der Waals surface area contributed by atoms with Crippen LogP contribution in [0.2, 0.25) is 0 Å². The van der Waals surface area contributed by atoms with Crippen LogP contribution >= 0.6 is 0 Å². The Labute approximate surface area is 449 Å². The Kier molecular flexibility index (Phi) is 16.5. The van der Waals surface area contributed by atoms with Gasteiger partial charge in [0.2, 0.25) is 0 Å². The van der Waals surface area contributed by atoms with Crippen LogP contribution < -0.4 is 0 Å². The molecule has 4 aliphatic heterocycles. The van der Waals surface area contributed by atoms with E-state index in [2.05, 4.69) is 33.8 Å². The standard InChI is InChI=1S/C54H88O23/c1-21-29(56)32(59)37(64)45(71-21)70-19-25-31(58)34(61)40(76-46-38(65)33(60)30(57)22(2)72-46)47(73-25)77-41-36(63)35(62)39(44(68)69)75-48(41)74-28-13-14-51(6)26(52(28,7)20-55)12-15-54(9)27(51)11-10-23-24-18-49(3,4)42(66)43(67)50(24,5)16-17-53(23,54)8/h10,21-22,24-43,45-48,55-67H,11-20H2,1-9H3,(H,68,69)/t21-,22-,24-,25+,26+,27?,28-,29-,30+,31+,32+,33+,34-,35-,36-,37+,38+,39-,40+,41+,42-,43+,45+,46-,47-,48+,50+,51-,52+,53+,54+/m0/s1. The molecule has 14 N–H and O–H groups in total. The van der Waals surface area contributed by atoms with E-state index in [0.29, 0.717) is 19.3 Å². The number of carboxylic acids is 1. The summed E-state index contributed by atoms with van der Waals surface area (Å²) in [5.41, 5.74) is -1.44. The van der Waals surface area contributed by atoms with Crippen molar-refractivity contribution in [3.63, 3.8) is 0 Å². The Hall–Kier alpha value is -1.63. The number of aliphatic carboxylic acids is 1. The lowest BCUT2D eigenvalue weighted by atomic mass is 9.33. The Balaban J connectivity index is 1.00. The molecule has 9 rings (SSSR count). The highest BCUT2D eigenvalue weighted by atomic mass is 16.8. The average Bonchev–Trinajstić information content (AvgIpc) is 3.37. The zero-order valence-electron chi connectivity index (χ0n) is 45.6. The van der Waals surface area contributed by atoms with Gasteiger partial charge in [0, 0.05) is 10.8 Å². The molecular weight excluding hydrogens is 1020 g/mol. The van der Waals surface area contributed by atoms with Gasteiger partial charge in [0.05, 0.1) is 43.7 Å². The van der Waals surface area contributed by atoms with Crippen molar-refractivity contribution in [3.8, 4) is 0 Å². The molecule has 23 heteroatoms. The molecule has 8 fully saturated rings. The van der Waals surface area contributed by atoms with Crippen molar-refractivity contribution in [3.05, 3.63) is 11.6 Å². The average molecular weight is 1110 g/mol. The molecule has 9 aliphatic rings. The number of hydrogen-bond donors (Lipinski definition) is 14. The maximum absolute atomic E-state index is 12.7. The highest BCUT2D eigenvalue weighted by Gasteiger charge is 2.70. The van der Waals surface area contributed by atoms with Crippen LogP contribution in [0.25, 0.3) is 0 Å². The summed E-state index contributed by atoms with van der Waals surface area (Å²) in [6.07, 6.45) is -30.1. The van der Waals surface area contributed by atoms with E-state index in [1.165, 1.54) is 19.4 Å². The fourth-order valence-corrected chi connectivity index (χ4v) is 16.4. The molecule has 4 heterocycles. The first kappa shape index (κ1) is 60.0. The smallest absolute Gasteiger partial charge is 0.335 e. The second-order valence-corrected chi connectivity index (χ2v) is 26.4. The first-order valence-corrected chi connectivity index (χ1v) is 27.7. The number of allylic oxidation sites excluding steroid dienone is 2. The summed E-state index contributed by atoms with van der Waals surface area (Å²) >= 11 is 0. The maximum atomic E-state index is 12.7. The topological polar surface area (TPSA) is 374 Å². The Morgan fingerprint density at radius 3 is 1.77 bits per heavy atom. The minimum absolute atomic E-state index is 0.0742. The molecule has 5 aliphatic carbocycles. The minimum atomic E-state index is -2.16. The van der Waals surface area contributed by atoms with Crippen molar-refractivity contribution < 1.29 is 114 Å². The van der Waals surface area contributed by atoms with Crippen LogP contribution in [-0.2, 0) is 42.7 Å². The minimum Gasteiger partial charge on any atom is -0.479 e. The van der Waals surface area contributed by atoms with Gasteiger partial charge < -0.3 is 109 Å². The van der Waals surface area contributed by atoms with Gasteiger partial charge in [-0.15, -0.1) is 0 Å². The van der Waals surface area contributed by atoms with Crippen molar-refractivity contribution in [2.75, 3.05) is 13.2 Å². The van der Waals surface area contributed by atoms with E-state index >= 15 is 0 Å². The number of carboxylic acid groups (broad SMARTS) is 1. The number of ether oxygens (including phenoxy) is 8. The van der Waals surface area contributed by atoms with Crippen LogP contribution in [0, 0.1) is 50.2 Å². The van der Waals surface area contributed by atoms with Gasteiger partial charge in [-0.1, -0.05) is 60.1 Å². The molecule has 1 unspecified atom stereocenters. The van der Waals surface area contributed by atoms with E-state index in [0.717, 1.165) is 32.1 Å². The second-order valence-electron chi connectivity index (χ2n) is 26.4. The van der Waals surface area contributed by atoms with Gasteiger partial charge in [-0.3, -0.25) is 0 Å². The van der Waals surface area contributed by atoms with Gasteiger partial charge in [0.1, 0.15) is 79.4 Å². The summed E-state index contributed by atoms with van der Waals surface area (Å²) in [6.45, 7) is 16.9. The van der Waals surface area contributed by atoms with Crippen LogP contribution in [0.1, 0.15) is 114 Å². The molecule has 0 radical (unpaired) electrons. The van der Waals surface area contributed by atoms with Crippen molar-refractivity contribution in [1.29, 1.82) is 0 Å². The van der Waals surface area contributed by atoms with Crippen molar-refractivity contribution in [2.45, 2.75) is 255 Å². The molecule has 23 nitrogen and oxygen atoms in total. The van der Waals surface area contributed by atoms with Gasteiger partial charge >= 0.3 is 5.97 Å². The van der Waals surface area contributed by atoms with Crippen LogP contribution in [0.15, 0.2) is 11.6 Å². The molecule has 4 saturated heterocycles. The van der Waals surface area contributed by atoms with Crippen LogP contribution in [-0.4, -0.2) is 232 Å². The van der Waals surface area contributed by atoms with E-state index in [-0.39, 0.29) is 40.6 Å². The van der Waals surface area contributed by atoms with E-state index in [4.69, 9.17) is 37.9 Å². The lowest BCUT2D eigenvalue weighted by Gasteiger charge is -2.72. The summed E-state index contributed by atoms with van der Waals surface area (Å²) in [7, 11) is 0. The number of carbonyl (C=O) groups is 1. The molecule has 0 aromatic carbocycles. The van der Waals surface area contributed by atoms with Gasteiger partial charge in [-0.05, 0) is 105 Å². The van der Waals surface area contributed by atoms with Crippen molar-refractivity contribution in [1.82, 2.24) is 0 Å². The van der Waals surface area contributed by atoms with Gasteiger partial charge in [0.25, 0.3) is 0 Å². The SMILES string of the molecule is C[C@@H]1O[C@@H](OC[C@H]2O[C@@H](O[C@H]3[C@H](O[C@H]4CC[C@]5(C)C6CC=C7[C@@H]8CC(C)(C)[C@@H](O)[C@@H](O)[C@]8(C)CC[C@@]7(C)[C@]6(C)CC[C@H]5[C@@]4(C)CO)O[C@H](C(=O)O)[C@@H](O)[C@@H]3O)[C@H](O[C@@H]3O[C@@H](C)[C@@H](O)[C@@H](O)[C@H]3O)[C@@H](O)[C@@H]2O)[C@H](O)[C@H](O)[C@H]1O. The first-order valence-electron chi connectivity index (χ1n) is 27.7. The van der Waals surface area contributed by atoms with Crippen LogP contribution in [0.5, 0.6) is 0 Å². The number of rotatable bonds is 11. The molecule has 0 amide bonds. The molecule has 77 heavy (non-hydrogen) atoms. The Morgan fingerprint density at radius 2 is 1.16 bits per heavy atom. The third-order valence-electron chi connectivity index (χ3n) is 21.8. The number of aliphatic hydroxyl groups excluding tert-OH is 13. The third kappa shape index (κ3) is 9.51. The Bertz CT molecular complexity index is 2150. The quantitative estimate of drug-likeness (QED) is 0.0829. The molecule has 0 aromatic heterocycles. The lowest BCUT2D eigenvalue weighted by molar-refractivity contribution is -0.398. The highest BCUT2D eigenvalue weighted by Crippen LogP contribution is 2.76. The molecule has 442 valence electrons. The fourth-order valence-electron chi connectivity index (χ4n) is 16.4. The predicted octanol–water partition coefficient (Wildman–Crippen LogP) is -1.47. The van der Waals surface area contributed by atoms with E-state index in [1.807, 2.05) is 20.8 Å². The molecule has 4 saturated carbocycles. The highest BCUT2D eigenvalue weighted by molar-refractivity contribution is 5.73. The Morgan fingerprint density at radius 1 is 0.584 bits per heavy atom. The van der Waals surface area contributed by atoms with Crippen molar-refractivity contribution >= 4 is 5.97 Å². The lowest BCUT2D eigenvalue weighted by Crippen LogP contribution is -2.69. The summed E-state index contributed by atoms with van der Waals surface area (Å²) in [6, 6.07) is 0. The van der Waals surface area contributed by atoms with Gasteiger partial charge in [-0.2, -0.15) is 0 Å². The monoisotopic (exact) mass is 1100 g/mol. The van der Waals surface area contributed by atoms with E-state index < -0.39 is 170 Å². The third-order valence-corrected chi connectivity index (χ3v) is 21.8. The molecule has 0 spiro atoms. The molecule has 0 bridgehead atoms. The fraction of sp³-hybridized carbons (Fsp3) is 0.944. The molecular formula is C54H88O23. The first-order chi connectivity index (χ1) is 35.8. The summed E-state index contributed by atoms with van der Waals surface area (Å²) in [5, 5.41) is 155. The number of hydrogen-bond acceptors (Lipinski definition) is 22. The van der Waals surface area contributed by atoms with Gasteiger partial charge in [-0.25, -0.2) is 4.79 Å². The number of aliphatic hydroxyl groups is 13. The van der Waals surface area contributed by atoms with Crippen molar-refractivity contribution in [2.24, 2.45) is 50.2 Å². The summed E-state index contributed by atoms with van der Waals surface area (Å²) in [5.74, 6) is -1.60. The molecule has 31 atom stereocenters. The number of fused-ring (bicyclic) bond motifs is 7. The van der Waals surface area contributed by atoms with E-state index in [9.17, 15) is 76.3 Å². The second kappa shape index (κ2) is 21.2. The predicted molar refractivity (Wildman–Crippen MR) is 263 cm³/mol. The van der Waals surface area contributed by atoms with Gasteiger partial charge in [0.15, 0.2) is 31.3 Å². The largest absolute Gasteiger partial charge is 0.479 e. The molecule has 0 aromatic rings. The maximum Gasteiger partial charge on any atom is 0.335 e. The van der Waals surface area contributed by atoms with Crippen LogP contribution in [0.4, 0.5) is 0 Å².